The van der Waals surface area contributed by atoms with Crippen molar-refractivity contribution in [3.63, 3.8) is 0 Å². The molecule has 0 saturated heterocycles. The molecule has 0 aromatic heterocycles. The molecular weight excluding hydrogens is 426 g/mol. The van der Waals surface area contributed by atoms with Gasteiger partial charge in [-0.1, -0.05) is 35.3 Å². The molecule has 0 atom stereocenters. The second-order valence-corrected chi connectivity index (χ2v) is 7.23. The molecule has 1 aliphatic rings. The Balaban J connectivity index is 1.58. The molecule has 6 nitrogen and oxygen atoms in total. The van der Waals surface area contributed by atoms with Crippen molar-refractivity contribution in [2.24, 2.45) is 0 Å². The van der Waals surface area contributed by atoms with Crippen molar-refractivity contribution < 1.29 is 23.9 Å². The van der Waals surface area contributed by atoms with Crippen LogP contribution in [0.15, 0.2) is 46.9 Å². The number of esters is 1. The molecule has 28 heavy (non-hydrogen) atoms. The third-order valence-corrected chi connectivity index (χ3v) is 4.82. The molecule has 0 saturated carbocycles. The van der Waals surface area contributed by atoms with Crippen LogP contribution in [-0.4, -0.2) is 42.4 Å². The SMILES string of the molecule is CCCCN1C(=O)c2ccc(C(=O)OCCOc3cccc(Br)c3)cc2C1=O. The van der Waals surface area contributed by atoms with E-state index in [-0.39, 0.29) is 36.2 Å². The van der Waals surface area contributed by atoms with Crippen molar-refractivity contribution in [3.05, 3.63) is 63.6 Å². The maximum atomic E-state index is 12.5. The first-order valence-electron chi connectivity index (χ1n) is 9.07. The van der Waals surface area contributed by atoms with Crippen LogP contribution < -0.4 is 4.74 Å². The van der Waals surface area contributed by atoms with Gasteiger partial charge in [0.15, 0.2) is 0 Å². The quantitative estimate of drug-likeness (QED) is 0.347. The number of fused-ring (bicyclic) bond motifs is 1. The van der Waals surface area contributed by atoms with Crippen LogP contribution in [0.1, 0.15) is 50.8 Å². The summed E-state index contributed by atoms with van der Waals surface area (Å²) in [7, 11) is 0. The van der Waals surface area contributed by atoms with Crippen molar-refractivity contribution in [2.75, 3.05) is 19.8 Å². The maximum absolute atomic E-state index is 12.5. The second-order valence-electron chi connectivity index (χ2n) is 6.32. The van der Waals surface area contributed by atoms with E-state index in [1.165, 1.54) is 23.1 Å². The molecule has 2 amide bonds. The monoisotopic (exact) mass is 445 g/mol. The van der Waals surface area contributed by atoms with Crippen LogP contribution in [0.25, 0.3) is 0 Å². The normalized spacial score (nSPS) is 12.9. The Morgan fingerprint density at radius 3 is 2.57 bits per heavy atom. The third-order valence-electron chi connectivity index (χ3n) is 4.32. The van der Waals surface area contributed by atoms with E-state index in [9.17, 15) is 14.4 Å². The summed E-state index contributed by atoms with van der Waals surface area (Å²) >= 11 is 3.36. The number of carbonyl (C=O) groups is 3. The van der Waals surface area contributed by atoms with Crippen LogP contribution in [0, 0.1) is 0 Å². The third kappa shape index (κ3) is 4.42. The molecule has 0 bridgehead atoms. The van der Waals surface area contributed by atoms with Gasteiger partial charge >= 0.3 is 5.97 Å². The van der Waals surface area contributed by atoms with E-state index < -0.39 is 5.97 Å². The Kier molecular flexibility index (Phi) is 6.46. The smallest absolute Gasteiger partial charge is 0.338 e. The van der Waals surface area contributed by atoms with Gasteiger partial charge in [0.25, 0.3) is 11.8 Å². The fraction of sp³-hybridized carbons (Fsp3) is 0.286. The highest BCUT2D eigenvalue weighted by Gasteiger charge is 2.35. The van der Waals surface area contributed by atoms with Gasteiger partial charge in [0.2, 0.25) is 0 Å². The first kappa shape index (κ1) is 20.1. The minimum atomic E-state index is -0.562. The summed E-state index contributed by atoms with van der Waals surface area (Å²) in [6.45, 7) is 2.65. The Bertz CT molecular complexity index is 911. The van der Waals surface area contributed by atoms with E-state index >= 15 is 0 Å². The molecule has 2 aromatic carbocycles. The van der Waals surface area contributed by atoms with Gasteiger partial charge in [-0.15, -0.1) is 0 Å². The molecule has 0 N–H and O–H groups in total. The van der Waals surface area contributed by atoms with Gasteiger partial charge in [-0.3, -0.25) is 14.5 Å². The van der Waals surface area contributed by atoms with E-state index in [0.717, 1.165) is 17.3 Å². The summed E-state index contributed by atoms with van der Waals surface area (Å²) in [5.74, 6) is -0.566. The zero-order valence-corrected chi connectivity index (χ0v) is 17.0. The Hall–Kier alpha value is -2.67. The summed E-state index contributed by atoms with van der Waals surface area (Å²) in [5.41, 5.74) is 0.816. The fourth-order valence-electron chi connectivity index (χ4n) is 2.87. The molecule has 0 spiro atoms. The number of hydrogen-bond acceptors (Lipinski definition) is 5. The van der Waals surface area contributed by atoms with Crippen LogP contribution >= 0.6 is 15.9 Å². The highest BCUT2D eigenvalue weighted by molar-refractivity contribution is 9.10. The molecule has 0 unspecified atom stereocenters. The van der Waals surface area contributed by atoms with E-state index in [0.29, 0.717) is 17.9 Å². The van der Waals surface area contributed by atoms with Gasteiger partial charge in [0.1, 0.15) is 19.0 Å². The molecular formula is C21H20BrNO5. The molecule has 7 heteroatoms. The van der Waals surface area contributed by atoms with Crippen LogP contribution in [0.2, 0.25) is 0 Å². The molecule has 1 heterocycles. The Morgan fingerprint density at radius 2 is 1.82 bits per heavy atom. The van der Waals surface area contributed by atoms with Crippen molar-refractivity contribution in [1.82, 2.24) is 4.90 Å². The lowest BCUT2D eigenvalue weighted by Gasteiger charge is -2.12. The highest BCUT2D eigenvalue weighted by Crippen LogP contribution is 2.25. The molecule has 2 aromatic rings. The minimum Gasteiger partial charge on any atom is -0.490 e. The summed E-state index contributed by atoms with van der Waals surface area (Å²) in [6, 6.07) is 11.8. The number of unbranched alkanes of at least 4 members (excludes halogenated alkanes) is 1. The largest absolute Gasteiger partial charge is 0.490 e. The zero-order chi connectivity index (χ0) is 20.1. The molecule has 0 aliphatic carbocycles. The second kappa shape index (κ2) is 9.01. The van der Waals surface area contributed by atoms with Crippen LogP contribution in [0.5, 0.6) is 5.75 Å². The van der Waals surface area contributed by atoms with Crippen molar-refractivity contribution in [1.29, 1.82) is 0 Å². The van der Waals surface area contributed by atoms with Gasteiger partial charge in [-0.2, -0.15) is 0 Å². The lowest BCUT2D eigenvalue weighted by atomic mass is 10.1. The summed E-state index contributed by atoms with van der Waals surface area (Å²) in [6.07, 6.45) is 1.63. The first-order chi connectivity index (χ1) is 13.5. The number of amides is 2. The number of imide groups is 1. The van der Waals surface area contributed by atoms with Crippen molar-refractivity contribution >= 4 is 33.7 Å². The number of nitrogens with zero attached hydrogens (tertiary/aromatic N) is 1. The van der Waals surface area contributed by atoms with E-state index in [2.05, 4.69) is 15.9 Å². The standard InChI is InChI=1S/C21H20BrNO5/c1-2-3-9-23-19(24)17-8-7-14(12-18(17)20(23)25)21(26)28-11-10-27-16-6-4-5-15(22)13-16/h4-8,12-13H,2-3,9-11H2,1H3. The fourth-order valence-corrected chi connectivity index (χ4v) is 3.25. The van der Waals surface area contributed by atoms with Crippen LogP contribution in [0.4, 0.5) is 0 Å². The van der Waals surface area contributed by atoms with E-state index in [1.807, 2.05) is 25.1 Å². The predicted molar refractivity (Wildman–Crippen MR) is 107 cm³/mol. The maximum Gasteiger partial charge on any atom is 0.338 e. The van der Waals surface area contributed by atoms with E-state index in [4.69, 9.17) is 9.47 Å². The Labute approximate surface area is 171 Å². The van der Waals surface area contributed by atoms with Crippen LogP contribution in [0.3, 0.4) is 0 Å². The number of halogens is 1. The first-order valence-corrected chi connectivity index (χ1v) is 9.86. The van der Waals surface area contributed by atoms with Gasteiger partial charge in [0, 0.05) is 11.0 Å². The average Bonchev–Trinajstić information content (AvgIpc) is 2.93. The molecule has 0 radical (unpaired) electrons. The highest BCUT2D eigenvalue weighted by atomic mass is 79.9. The average molecular weight is 446 g/mol. The van der Waals surface area contributed by atoms with Crippen molar-refractivity contribution in [3.8, 4) is 5.75 Å². The number of ether oxygens (including phenoxy) is 2. The zero-order valence-electron chi connectivity index (χ0n) is 15.4. The summed E-state index contributed by atoms with van der Waals surface area (Å²) in [5, 5.41) is 0. The number of rotatable bonds is 8. The van der Waals surface area contributed by atoms with Gasteiger partial charge in [-0.05, 0) is 42.8 Å². The van der Waals surface area contributed by atoms with Crippen molar-refractivity contribution in [2.45, 2.75) is 19.8 Å². The minimum absolute atomic E-state index is 0.0674. The van der Waals surface area contributed by atoms with E-state index in [1.54, 1.807) is 6.07 Å². The Morgan fingerprint density at radius 1 is 1.04 bits per heavy atom. The summed E-state index contributed by atoms with van der Waals surface area (Å²) < 4.78 is 11.6. The molecule has 3 rings (SSSR count). The number of carbonyl (C=O) groups excluding carboxylic acids is 3. The van der Waals surface area contributed by atoms with Gasteiger partial charge < -0.3 is 9.47 Å². The van der Waals surface area contributed by atoms with Gasteiger partial charge in [0.05, 0.1) is 16.7 Å². The predicted octanol–water partition coefficient (Wildman–Crippen LogP) is 4.08. The summed E-state index contributed by atoms with van der Waals surface area (Å²) in [4.78, 5) is 38.3. The van der Waals surface area contributed by atoms with Gasteiger partial charge in [-0.25, -0.2) is 4.79 Å². The molecule has 1 aliphatic heterocycles. The lowest BCUT2D eigenvalue weighted by molar-refractivity contribution is 0.0450. The lowest BCUT2D eigenvalue weighted by Crippen LogP contribution is -2.30. The molecule has 146 valence electrons. The number of hydrogen-bond donors (Lipinski definition) is 0. The molecule has 0 fully saturated rings. The van der Waals surface area contributed by atoms with Crippen LogP contribution in [-0.2, 0) is 4.74 Å². The number of benzene rings is 2. The topological polar surface area (TPSA) is 72.9 Å².